The molecular formula is C15H15Sn+. The summed E-state index contributed by atoms with van der Waals surface area (Å²) in [6.45, 7) is 3.90. The summed E-state index contributed by atoms with van der Waals surface area (Å²) in [4.78, 5) is 0. The number of hydrogen-bond donors (Lipinski definition) is 0. The van der Waals surface area contributed by atoms with Crippen molar-refractivity contribution in [2.24, 2.45) is 0 Å². The minimum absolute atomic E-state index is 1.18. The zero-order chi connectivity index (χ0) is 11.2. The van der Waals surface area contributed by atoms with E-state index in [9.17, 15) is 0 Å². The Morgan fingerprint density at radius 3 is 1.62 bits per heavy atom. The van der Waals surface area contributed by atoms with Gasteiger partial charge in [-0.3, -0.25) is 0 Å². The molecule has 0 bridgehead atoms. The summed E-state index contributed by atoms with van der Waals surface area (Å²) in [6, 6.07) is 21.8. The third kappa shape index (κ3) is 2.76. The zero-order valence-corrected chi connectivity index (χ0v) is 12.1. The van der Waals surface area contributed by atoms with E-state index < -0.39 is 19.8 Å². The van der Waals surface area contributed by atoms with Crippen molar-refractivity contribution in [3.05, 3.63) is 73.3 Å². The summed E-state index contributed by atoms with van der Waals surface area (Å²) < 4.78 is 4.28. The molecule has 0 atom stereocenters. The van der Waals surface area contributed by atoms with E-state index in [1.807, 2.05) is 0 Å². The van der Waals surface area contributed by atoms with Crippen LogP contribution in [0.3, 0.4) is 0 Å². The second-order valence-corrected chi connectivity index (χ2v) is 10.9. The number of allylic oxidation sites excluding steroid dienone is 1. The average molecular weight is 314 g/mol. The Kier molecular flexibility index (Phi) is 4.23. The van der Waals surface area contributed by atoms with Crippen LogP contribution in [-0.4, -0.2) is 19.8 Å². The summed E-state index contributed by atoms with van der Waals surface area (Å²) >= 11 is -1.69. The Morgan fingerprint density at radius 2 is 1.25 bits per heavy atom. The monoisotopic (exact) mass is 315 g/mol. The van der Waals surface area contributed by atoms with Gasteiger partial charge in [-0.1, -0.05) is 0 Å². The van der Waals surface area contributed by atoms with Crippen LogP contribution in [0, 0.1) is 0 Å². The SMILES string of the molecule is C=C[CH2][Sn+]([c]1ccccc1)[c]1ccccc1. The van der Waals surface area contributed by atoms with Gasteiger partial charge < -0.3 is 0 Å². The van der Waals surface area contributed by atoms with Crippen LogP contribution in [0.15, 0.2) is 73.3 Å². The maximum atomic E-state index is 3.90. The van der Waals surface area contributed by atoms with Gasteiger partial charge in [-0.25, -0.2) is 0 Å². The summed E-state index contributed by atoms with van der Waals surface area (Å²) in [5, 5.41) is 0. The molecule has 0 aliphatic carbocycles. The average Bonchev–Trinajstić information content (AvgIpc) is 2.38. The van der Waals surface area contributed by atoms with Crippen molar-refractivity contribution in [1.82, 2.24) is 0 Å². The van der Waals surface area contributed by atoms with Gasteiger partial charge in [0.25, 0.3) is 0 Å². The Balaban J connectivity index is 2.35. The zero-order valence-electron chi connectivity index (χ0n) is 9.27. The fraction of sp³-hybridized carbons (Fsp3) is 0.0667. The van der Waals surface area contributed by atoms with Crippen LogP contribution in [-0.2, 0) is 0 Å². The van der Waals surface area contributed by atoms with Crippen molar-refractivity contribution in [2.45, 2.75) is 4.44 Å². The van der Waals surface area contributed by atoms with Crippen LogP contribution in [0.2, 0.25) is 4.44 Å². The topological polar surface area (TPSA) is 0 Å². The molecule has 0 N–H and O–H groups in total. The van der Waals surface area contributed by atoms with Crippen molar-refractivity contribution < 1.29 is 0 Å². The molecular weight excluding hydrogens is 299 g/mol. The number of benzene rings is 2. The summed E-state index contributed by atoms with van der Waals surface area (Å²) in [6.07, 6.45) is 2.08. The Hall–Kier alpha value is -1.02. The van der Waals surface area contributed by atoms with Crippen molar-refractivity contribution in [3.8, 4) is 0 Å². The van der Waals surface area contributed by atoms with E-state index in [0.29, 0.717) is 0 Å². The first-order valence-corrected chi connectivity index (χ1v) is 10.4. The van der Waals surface area contributed by atoms with E-state index in [-0.39, 0.29) is 0 Å². The van der Waals surface area contributed by atoms with Gasteiger partial charge >= 0.3 is 105 Å². The molecule has 0 aliphatic heterocycles. The van der Waals surface area contributed by atoms with Crippen LogP contribution in [0.25, 0.3) is 0 Å². The molecule has 0 aromatic heterocycles. The normalized spacial score (nSPS) is 9.75. The number of hydrogen-bond acceptors (Lipinski definition) is 0. The molecule has 0 nitrogen and oxygen atoms in total. The third-order valence-corrected chi connectivity index (χ3v) is 10.5. The van der Waals surface area contributed by atoms with Gasteiger partial charge in [0.15, 0.2) is 0 Å². The fourth-order valence-electron chi connectivity index (χ4n) is 1.83. The third-order valence-electron chi connectivity index (χ3n) is 2.59. The molecule has 2 aromatic carbocycles. The maximum absolute atomic E-state index is 3.90. The van der Waals surface area contributed by atoms with Gasteiger partial charge in [-0.15, -0.1) is 0 Å². The first kappa shape index (κ1) is 11.5. The standard InChI is InChI=1S/2C6H5.C3H5.Sn/c2*1-2-4-6-5-3-1;1-3-2;/h2*1-5H;3H,1-2H2;/q;;;+1. The van der Waals surface area contributed by atoms with Crippen molar-refractivity contribution >= 4 is 26.9 Å². The molecule has 0 saturated heterocycles. The van der Waals surface area contributed by atoms with Crippen LogP contribution in [0.1, 0.15) is 0 Å². The van der Waals surface area contributed by atoms with E-state index in [1.54, 1.807) is 7.16 Å². The molecule has 0 saturated carbocycles. The first-order chi connectivity index (χ1) is 7.92. The van der Waals surface area contributed by atoms with E-state index in [1.165, 1.54) is 4.44 Å². The summed E-state index contributed by atoms with van der Waals surface area (Å²) in [5.74, 6) is 0. The van der Waals surface area contributed by atoms with E-state index >= 15 is 0 Å². The van der Waals surface area contributed by atoms with Gasteiger partial charge in [0.05, 0.1) is 0 Å². The molecule has 2 rings (SSSR count). The molecule has 78 valence electrons. The van der Waals surface area contributed by atoms with Crippen molar-refractivity contribution in [1.29, 1.82) is 0 Å². The van der Waals surface area contributed by atoms with Gasteiger partial charge in [0.1, 0.15) is 0 Å². The molecule has 0 aliphatic rings. The molecule has 1 heteroatoms. The second kappa shape index (κ2) is 5.90. The molecule has 0 heterocycles. The fourth-order valence-corrected chi connectivity index (χ4v) is 8.34. The molecule has 0 radical (unpaired) electrons. The molecule has 0 amide bonds. The predicted octanol–water partition coefficient (Wildman–Crippen LogP) is 2.48. The van der Waals surface area contributed by atoms with Crippen LogP contribution >= 0.6 is 0 Å². The van der Waals surface area contributed by atoms with Crippen molar-refractivity contribution in [3.63, 3.8) is 0 Å². The predicted molar refractivity (Wildman–Crippen MR) is 72.9 cm³/mol. The van der Waals surface area contributed by atoms with Gasteiger partial charge in [0, 0.05) is 0 Å². The summed E-state index contributed by atoms with van der Waals surface area (Å²) in [5.41, 5.74) is 0. The molecule has 2 aromatic rings. The van der Waals surface area contributed by atoms with Crippen LogP contribution < -0.4 is 7.16 Å². The van der Waals surface area contributed by atoms with Gasteiger partial charge in [-0.2, -0.15) is 0 Å². The Labute approximate surface area is 104 Å². The first-order valence-electron chi connectivity index (χ1n) is 5.49. The van der Waals surface area contributed by atoms with Crippen LogP contribution in [0.5, 0.6) is 0 Å². The second-order valence-electron chi connectivity index (χ2n) is 3.70. The molecule has 0 unspecified atom stereocenters. The molecule has 0 fully saturated rings. The summed E-state index contributed by atoms with van der Waals surface area (Å²) in [7, 11) is 0. The van der Waals surface area contributed by atoms with E-state index in [4.69, 9.17) is 0 Å². The number of rotatable bonds is 4. The van der Waals surface area contributed by atoms with Gasteiger partial charge in [-0.05, 0) is 0 Å². The van der Waals surface area contributed by atoms with E-state index in [2.05, 4.69) is 73.3 Å². The van der Waals surface area contributed by atoms with E-state index in [0.717, 1.165) is 0 Å². The quantitative estimate of drug-likeness (QED) is 0.601. The minimum atomic E-state index is -1.69. The van der Waals surface area contributed by atoms with Crippen LogP contribution in [0.4, 0.5) is 0 Å². The Morgan fingerprint density at radius 1 is 0.812 bits per heavy atom. The molecule has 0 spiro atoms. The van der Waals surface area contributed by atoms with Crippen molar-refractivity contribution in [2.75, 3.05) is 0 Å². The Bertz CT molecular complexity index is 394. The molecule has 16 heavy (non-hydrogen) atoms. The van der Waals surface area contributed by atoms with Gasteiger partial charge in [0.2, 0.25) is 0 Å².